The molecule has 2 atom stereocenters. The smallest absolute Gasteiger partial charge is 0.257 e. The summed E-state index contributed by atoms with van der Waals surface area (Å²) in [6, 6.07) is 10.0. The molecule has 1 aliphatic rings. The first-order valence-electron chi connectivity index (χ1n) is 8.23. The van der Waals surface area contributed by atoms with E-state index in [1.54, 1.807) is 6.20 Å². The van der Waals surface area contributed by atoms with Crippen molar-refractivity contribution in [1.29, 1.82) is 0 Å². The van der Waals surface area contributed by atoms with Crippen LogP contribution >= 0.6 is 0 Å². The number of rotatable bonds is 3. The van der Waals surface area contributed by atoms with E-state index in [1.165, 1.54) is 0 Å². The maximum absolute atomic E-state index is 12.9. The van der Waals surface area contributed by atoms with Crippen LogP contribution in [0.5, 0.6) is 0 Å². The molecule has 1 aromatic heterocycles. The van der Waals surface area contributed by atoms with Crippen LogP contribution < -0.4 is 5.73 Å². The van der Waals surface area contributed by atoms with Crippen molar-refractivity contribution >= 4 is 5.91 Å². The Morgan fingerprint density at radius 3 is 2.78 bits per heavy atom. The van der Waals surface area contributed by atoms with Gasteiger partial charge < -0.3 is 10.6 Å². The standard InChI is InChI=1S/C18H24N4O/c1-13(19)15-7-6-10-21(12-15)18(23)17-11-20-22(14(17)2)16-8-4-3-5-9-16/h3-5,8-9,11,13,15H,6-7,10,12,19H2,1-2H3. The zero-order chi connectivity index (χ0) is 16.4. The second-order valence-electron chi connectivity index (χ2n) is 6.40. The molecule has 0 aliphatic carbocycles. The third kappa shape index (κ3) is 3.15. The largest absolute Gasteiger partial charge is 0.338 e. The predicted molar refractivity (Wildman–Crippen MR) is 90.6 cm³/mol. The molecule has 5 nitrogen and oxygen atoms in total. The molecule has 0 radical (unpaired) electrons. The first kappa shape index (κ1) is 15.7. The number of nitrogens with two attached hydrogens (primary N) is 1. The first-order chi connectivity index (χ1) is 11.1. The van der Waals surface area contributed by atoms with Crippen molar-refractivity contribution in [3.63, 3.8) is 0 Å². The number of para-hydroxylation sites is 1. The molecule has 3 rings (SSSR count). The van der Waals surface area contributed by atoms with Gasteiger partial charge in [0.2, 0.25) is 0 Å². The number of hydrogen-bond acceptors (Lipinski definition) is 3. The predicted octanol–water partition coefficient (Wildman–Crippen LogP) is 2.38. The molecule has 2 heterocycles. The summed E-state index contributed by atoms with van der Waals surface area (Å²) in [4.78, 5) is 14.8. The highest BCUT2D eigenvalue weighted by atomic mass is 16.2. The Morgan fingerprint density at radius 2 is 2.09 bits per heavy atom. The minimum Gasteiger partial charge on any atom is -0.338 e. The molecule has 5 heteroatoms. The van der Waals surface area contributed by atoms with Gasteiger partial charge in [0.15, 0.2) is 0 Å². The fourth-order valence-electron chi connectivity index (χ4n) is 3.24. The molecule has 1 aliphatic heterocycles. The van der Waals surface area contributed by atoms with E-state index in [2.05, 4.69) is 5.10 Å². The molecular weight excluding hydrogens is 288 g/mol. The summed E-state index contributed by atoms with van der Waals surface area (Å²) >= 11 is 0. The van der Waals surface area contributed by atoms with Crippen molar-refractivity contribution in [3.8, 4) is 5.69 Å². The van der Waals surface area contributed by atoms with Crippen molar-refractivity contribution in [2.45, 2.75) is 32.7 Å². The topological polar surface area (TPSA) is 64.2 Å². The van der Waals surface area contributed by atoms with Gasteiger partial charge >= 0.3 is 0 Å². The van der Waals surface area contributed by atoms with Crippen molar-refractivity contribution in [3.05, 3.63) is 47.8 Å². The minimum absolute atomic E-state index is 0.0648. The van der Waals surface area contributed by atoms with Gasteiger partial charge in [0, 0.05) is 19.1 Å². The summed E-state index contributed by atoms with van der Waals surface area (Å²) in [6.45, 7) is 5.52. The van der Waals surface area contributed by atoms with Gasteiger partial charge in [-0.05, 0) is 44.7 Å². The number of hydrogen-bond donors (Lipinski definition) is 1. The molecule has 1 saturated heterocycles. The van der Waals surface area contributed by atoms with Crippen molar-refractivity contribution < 1.29 is 4.79 Å². The lowest BCUT2D eigenvalue weighted by Gasteiger charge is -2.34. The quantitative estimate of drug-likeness (QED) is 0.946. The van der Waals surface area contributed by atoms with Crippen LogP contribution in [0.25, 0.3) is 5.69 Å². The first-order valence-corrected chi connectivity index (χ1v) is 8.23. The van der Waals surface area contributed by atoms with Crippen LogP contribution in [0.2, 0.25) is 0 Å². The van der Waals surface area contributed by atoms with Gasteiger partial charge in [-0.3, -0.25) is 4.79 Å². The average Bonchev–Trinajstić information content (AvgIpc) is 2.96. The van der Waals surface area contributed by atoms with Gasteiger partial charge in [0.1, 0.15) is 0 Å². The number of benzene rings is 1. The van der Waals surface area contributed by atoms with Gasteiger partial charge in [0.25, 0.3) is 5.91 Å². The van der Waals surface area contributed by atoms with E-state index in [4.69, 9.17) is 5.73 Å². The van der Waals surface area contributed by atoms with E-state index in [1.807, 2.05) is 53.8 Å². The Balaban J connectivity index is 1.82. The molecule has 0 bridgehead atoms. The second kappa shape index (κ2) is 6.54. The highest BCUT2D eigenvalue weighted by Gasteiger charge is 2.28. The molecule has 1 aromatic carbocycles. The van der Waals surface area contributed by atoms with E-state index >= 15 is 0 Å². The Kier molecular flexibility index (Phi) is 4.48. The lowest BCUT2D eigenvalue weighted by atomic mass is 9.92. The highest BCUT2D eigenvalue weighted by Crippen LogP contribution is 2.22. The highest BCUT2D eigenvalue weighted by molar-refractivity contribution is 5.95. The van der Waals surface area contributed by atoms with Crippen LogP contribution in [-0.4, -0.2) is 39.7 Å². The third-order valence-corrected chi connectivity index (χ3v) is 4.73. The number of carbonyl (C=O) groups is 1. The van der Waals surface area contributed by atoms with Crippen LogP contribution in [-0.2, 0) is 0 Å². The molecule has 1 fully saturated rings. The fraction of sp³-hybridized carbons (Fsp3) is 0.444. The van der Waals surface area contributed by atoms with Crippen molar-refractivity contribution in [2.24, 2.45) is 11.7 Å². The molecule has 2 aromatic rings. The van der Waals surface area contributed by atoms with Crippen LogP contribution in [0.15, 0.2) is 36.5 Å². The number of carbonyl (C=O) groups excluding carboxylic acids is 1. The summed E-state index contributed by atoms with van der Waals surface area (Å²) in [5.41, 5.74) is 8.55. The Labute approximate surface area is 137 Å². The summed E-state index contributed by atoms with van der Waals surface area (Å²) in [7, 11) is 0. The van der Waals surface area contributed by atoms with Crippen LogP contribution in [0.4, 0.5) is 0 Å². The lowest BCUT2D eigenvalue weighted by molar-refractivity contribution is 0.0660. The van der Waals surface area contributed by atoms with Crippen molar-refractivity contribution in [1.82, 2.24) is 14.7 Å². The summed E-state index contributed by atoms with van der Waals surface area (Å²) in [6.07, 6.45) is 3.80. The monoisotopic (exact) mass is 312 g/mol. The average molecular weight is 312 g/mol. The Bertz CT molecular complexity index is 678. The minimum atomic E-state index is 0.0648. The molecule has 0 saturated carbocycles. The summed E-state index contributed by atoms with van der Waals surface area (Å²) in [5.74, 6) is 0.451. The lowest BCUT2D eigenvalue weighted by Crippen LogP contribution is -2.45. The number of amides is 1. The van der Waals surface area contributed by atoms with Crippen LogP contribution in [0.1, 0.15) is 35.8 Å². The zero-order valence-electron chi connectivity index (χ0n) is 13.8. The van der Waals surface area contributed by atoms with E-state index in [9.17, 15) is 4.79 Å². The van der Waals surface area contributed by atoms with E-state index in [0.717, 1.165) is 37.3 Å². The van der Waals surface area contributed by atoms with Gasteiger partial charge in [0.05, 0.1) is 23.1 Å². The molecule has 2 unspecified atom stereocenters. The molecule has 23 heavy (non-hydrogen) atoms. The van der Waals surface area contributed by atoms with Crippen LogP contribution in [0, 0.1) is 12.8 Å². The second-order valence-corrected chi connectivity index (χ2v) is 6.40. The summed E-state index contributed by atoms with van der Waals surface area (Å²) < 4.78 is 1.82. The number of nitrogens with zero attached hydrogens (tertiary/aromatic N) is 3. The maximum Gasteiger partial charge on any atom is 0.257 e. The summed E-state index contributed by atoms with van der Waals surface area (Å²) in [5, 5.41) is 4.40. The third-order valence-electron chi connectivity index (χ3n) is 4.73. The molecule has 2 N–H and O–H groups in total. The van der Waals surface area contributed by atoms with Gasteiger partial charge in [-0.2, -0.15) is 5.10 Å². The molecular formula is C18H24N4O. The molecule has 122 valence electrons. The number of likely N-dealkylation sites (tertiary alicyclic amines) is 1. The van der Waals surface area contributed by atoms with E-state index in [-0.39, 0.29) is 11.9 Å². The van der Waals surface area contributed by atoms with E-state index < -0.39 is 0 Å². The van der Waals surface area contributed by atoms with Gasteiger partial charge in [-0.15, -0.1) is 0 Å². The van der Waals surface area contributed by atoms with E-state index in [0.29, 0.717) is 11.5 Å². The number of aromatic nitrogens is 2. The maximum atomic E-state index is 12.9. The van der Waals surface area contributed by atoms with Crippen molar-refractivity contribution in [2.75, 3.05) is 13.1 Å². The zero-order valence-corrected chi connectivity index (χ0v) is 13.8. The Morgan fingerprint density at radius 1 is 1.35 bits per heavy atom. The normalized spacial score (nSPS) is 19.6. The Hall–Kier alpha value is -2.14. The van der Waals surface area contributed by atoms with Gasteiger partial charge in [-0.25, -0.2) is 4.68 Å². The molecule has 1 amide bonds. The fourth-order valence-corrected chi connectivity index (χ4v) is 3.24. The van der Waals surface area contributed by atoms with Crippen LogP contribution in [0.3, 0.4) is 0 Å². The van der Waals surface area contributed by atoms with Gasteiger partial charge in [-0.1, -0.05) is 18.2 Å². The number of piperidine rings is 1. The SMILES string of the molecule is Cc1c(C(=O)N2CCCC(C(C)N)C2)cnn1-c1ccccc1. The molecule has 0 spiro atoms.